The topological polar surface area (TPSA) is 29.5 Å². The molecule has 0 spiro atoms. The molecule has 0 atom stereocenters. The summed E-state index contributed by atoms with van der Waals surface area (Å²) < 4.78 is 6.48. The fraction of sp³-hybridized carbons (Fsp3) is 0.500. The Morgan fingerprint density at radius 1 is 1.53 bits per heavy atom. The lowest BCUT2D eigenvalue weighted by atomic mass is 9.98. The zero-order valence-corrected chi connectivity index (χ0v) is 13.2. The molecule has 0 radical (unpaired) electrons. The number of carbonyl (C=O) groups is 1. The van der Waals surface area contributed by atoms with Crippen LogP contribution in [0.1, 0.15) is 22.5 Å². The molecule has 1 aromatic heterocycles. The van der Waals surface area contributed by atoms with E-state index in [1.54, 1.807) is 6.08 Å². The summed E-state index contributed by atoms with van der Waals surface area (Å²) in [4.78, 5) is 15.0. The molecule has 19 heavy (non-hydrogen) atoms. The van der Waals surface area contributed by atoms with Crippen molar-refractivity contribution in [1.82, 2.24) is 4.90 Å². The quantitative estimate of drug-likeness (QED) is 0.604. The van der Waals surface area contributed by atoms with Crippen molar-refractivity contribution in [3.05, 3.63) is 33.5 Å². The molecule has 5 heteroatoms. The highest BCUT2D eigenvalue weighted by Crippen LogP contribution is 2.25. The van der Waals surface area contributed by atoms with Gasteiger partial charge in [-0.15, -0.1) is 17.9 Å². The van der Waals surface area contributed by atoms with Crippen molar-refractivity contribution in [2.24, 2.45) is 5.92 Å². The van der Waals surface area contributed by atoms with E-state index in [2.05, 4.69) is 22.5 Å². The molecule has 0 aliphatic carbocycles. The normalized spacial score (nSPS) is 16.6. The van der Waals surface area contributed by atoms with E-state index < -0.39 is 0 Å². The van der Waals surface area contributed by atoms with Gasteiger partial charge < -0.3 is 9.64 Å². The van der Waals surface area contributed by atoms with Crippen LogP contribution >= 0.6 is 27.3 Å². The van der Waals surface area contributed by atoms with E-state index in [0.717, 1.165) is 41.2 Å². The van der Waals surface area contributed by atoms with E-state index >= 15 is 0 Å². The number of rotatable bonds is 5. The van der Waals surface area contributed by atoms with Gasteiger partial charge >= 0.3 is 0 Å². The number of thiophene rings is 1. The summed E-state index contributed by atoms with van der Waals surface area (Å²) in [6.45, 7) is 6.68. The molecule has 0 saturated carbocycles. The number of hydrogen-bond acceptors (Lipinski definition) is 3. The van der Waals surface area contributed by atoms with Crippen LogP contribution in [0.15, 0.2) is 28.6 Å². The van der Waals surface area contributed by atoms with Gasteiger partial charge in [0.1, 0.15) is 0 Å². The first-order valence-electron chi connectivity index (χ1n) is 6.44. The van der Waals surface area contributed by atoms with E-state index in [-0.39, 0.29) is 5.91 Å². The van der Waals surface area contributed by atoms with Crippen LogP contribution in [-0.2, 0) is 4.74 Å². The summed E-state index contributed by atoms with van der Waals surface area (Å²) in [7, 11) is 0. The number of piperidine rings is 1. The highest BCUT2D eigenvalue weighted by Gasteiger charge is 2.24. The van der Waals surface area contributed by atoms with Crippen LogP contribution in [0.2, 0.25) is 0 Å². The van der Waals surface area contributed by atoms with E-state index in [1.165, 1.54) is 11.3 Å². The number of nitrogens with zero attached hydrogens (tertiary/aromatic N) is 1. The van der Waals surface area contributed by atoms with Crippen molar-refractivity contribution in [3.8, 4) is 0 Å². The molecule has 1 fully saturated rings. The summed E-state index contributed by atoms with van der Waals surface area (Å²) in [5.41, 5.74) is 0. The van der Waals surface area contributed by atoms with Crippen molar-refractivity contribution in [2.45, 2.75) is 12.8 Å². The van der Waals surface area contributed by atoms with E-state index in [1.807, 2.05) is 17.0 Å². The Morgan fingerprint density at radius 2 is 2.26 bits per heavy atom. The van der Waals surface area contributed by atoms with Crippen molar-refractivity contribution < 1.29 is 9.53 Å². The van der Waals surface area contributed by atoms with Gasteiger partial charge in [0.2, 0.25) is 0 Å². The Bertz CT molecular complexity index is 438. The third-order valence-corrected chi connectivity index (χ3v) is 4.89. The zero-order valence-electron chi connectivity index (χ0n) is 10.8. The Labute approximate surface area is 126 Å². The standard InChI is InChI=1S/C14H18BrNO2S/c1-2-9-18-10-11-5-7-16(8-6-11)14(17)12-3-4-13(15)19-12/h2-4,11H,1,5-10H2. The van der Waals surface area contributed by atoms with Crippen molar-refractivity contribution in [1.29, 1.82) is 0 Å². The van der Waals surface area contributed by atoms with E-state index in [0.29, 0.717) is 12.5 Å². The third-order valence-electron chi connectivity index (χ3n) is 3.27. The molecule has 1 aromatic rings. The highest BCUT2D eigenvalue weighted by atomic mass is 79.9. The second kappa shape index (κ2) is 7.22. The minimum atomic E-state index is 0.154. The van der Waals surface area contributed by atoms with Gasteiger partial charge in [-0.2, -0.15) is 0 Å². The minimum Gasteiger partial charge on any atom is -0.377 e. The van der Waals surface area contributed by atoms with Crippen molar-refractivity contribution in [3.63, 3.8) is 0 Å². The number of hydrogen-bond donors (Lipinski definition) is 0. The van der Waals surface area contributed by atoms with Crippen LogP contribution in [0.3, 0.4) is 0 Å². The molecule has 1 amide bonds. The summed E-state index contributed by atoms with van der Waals surface area (Å²) in [6, 6.07) is 3.81. The number of likely N-dealkylation sites (tertiary alicyclic amines) is 1. The van der Waals surface area contributed by atoms with Crippen molar-refractivity contribution >= 4 is 33.2 Å². The number of amides is 1. The lowest BCUT2D eigenvalue weighted by Crippen LogP contribution is -2.39. The predicted octanol–water partition coefficient (Wildman–Crippen LogP) is 3.57. The monoisotopic (exact) mass is 343 g/mol. The largest absolute Gasteiger partial charge is 0.377 e. The van der Waals surface area contributed by atoms with Crippen LogP contribution in [0.4, 0.5) is 0 Å². The van der Waals surface area contributed by atoms with Crippen LogP contribution in [0, 0.1) is 5.92 Å². The van der Waals surface area contributed by atoms with E-state index in [9.17, 15) is 4.79 Å². The second-order valence-corrected chi connectivity index (χ2v) is 7.13. The Hall–Kier alpha value is -0.650. The van der Waals surface area contributed by atoms with Crippen LogP contribution in [0.5, 0.6) is 0 Å². The Balaban J connectivity index is 1.79. The minimum absolute atomic E-state index is 0.154. The lowest BCUT2D eigenvalue weighted by molar-refractivity contribution is 0.0579. The Kier molecular flexibility index (Phi) is 5.60. The third kappa shape index (κ3) is 4.16. The van der Waals surface area contributed by atoms with Crippen LogP contribution in [0.25, 0.3) is 0 Å². The predicted molar refractivity (Wildman–Crippen MR) is 81.7 cm³/mol. The van der Waals surface area contributed by atoms with Gasteiger partial charge in [0, 0.05) is 19.7 Å². The fourth-order valence-electron chi connectivity index (χ4n) is 2.21. The van der Waals surface area contributed by atoms with Crippen LogP contribution in [-0.4, -0.2) is 37.1 Å². The average Bonchev–Trinajstić information content (AvgIpc) is 2.86. The summed E-state index contributed by atoms with van der Waals surface area (Å²) in [5, 5.41) is 0. The van der Waals surface area contributed by atoms with Gasteiger partial charge in [-0.05, 0) is 46.8 Å². The second-order valence-electron chi connectivity index (χ2n) is 4.67. The molecular weight excluding hydrogens is 326 g/mol. The smallest absolute Gasteiger partial charge is 0.263 e. The lowest BCUT2D eigenvalue weighted by Gasteiger charge is -2.31. The summed E-state index contributed by atoms with van der Waals surface area (Å²) in [6.07, 6.45) is 3.82. The van der Waals surface area contributed by atoms with Crippen molar-refractivity contribution in [2.75, 3.05) is 26.3 Å². The maximum absolute atomic E-state index is 12.3. The van der Waals surface area contributed by atoms with Crippen LogP contribution < -0.4 is 0 Å². The maximum atomic E-state index is 12.3. The molecule has 0 aromatic carbocycles. The molecule has 3 nitrogen and oxygen atoms in total. The SMILES string of the molecule is C=CCOCC1CCN(C(=O)c2ccc(Br)s2)CC1. The Morgan fingerprint density at radius 3 is 2.84 bits per heavy atom. The molecule has 0 N–H and O–H groups in total. The summed E-state index contributed by atoms with van der Waals surface area (Å²) in [5.74, 6) is 0.722. The maximum Gasteiger partial charge on any atom is 0.263 e. The molecular formula is C14H18BrNO2S. The molecule has 0 unspecified atom stereocenters. The van der Waals surface area contributed by atoms with E-state index in [4.69, 9.17) is 4.74 Å². The van der Waals surface area contributed by atoms with Gasteiger partial charge in [-0.1, -0.05) is 6.08 Å². The number of ether oxygens (including phenoxy) is 1. The zero-order chi connectivity index (χ0) is 13.7. The fourth-order valence-corrected chi connectivity index (χ4v) is 3.56. The number of carbonyl (C=O) groups excluding carboxylic acids is 1. The van der Waals surface area contributed by atoms with Gasteiger partial charge in [0.15, 0.2) is 0 Å². The average molecular weight is 344 g/mol. The first-order valence-corrected chi connectivity index (χ1v) is 8.05. The first-order chi connectivity index (χ1) is 9.20. The highest BCUT2D eigenvalue weighted by molar-refractivity contribution is 9.11. The molecule has 1 aliphatic rings. The number of halogens is 1. The van der Waals surface area contributed by atoms with Gasteiger partial charge in [0.25, 0.3) is 5.91 Å². The molecule has 2 heterocycles. The van der Waals surface area contributed by atoms with Gasteiger partial charge in [-0.3, -0.25) is 4.79 Å². The molecule has 2 rings (SSSR count). The molecule has 1 aliphatic heterocycles. The molecule has 0 bridgehead atoms. The first kappa shape index (κ1) is 14.8. The van der Waals surface area contributed by atoms with Gasteiger partial charge in [-0.25, -0.2) is 0 Å². The van der Waals surface area contributed by atoms with Gasteiger partial charge in [0.05, 0.1) is 15.3 Å². The molecule has 104 valence electrons. The summed E-state index contributed by atoms with van der Waals surface area (Å²) >= 11 is 4.89. The molecule has 1 saturated heterocycles.